The Morgan fingerprint density at radius 1 is 1.04 bits per heavy atom. The first-order valence-electron chi connectivity index (χ1n) is 9.16. The fraction of sp³-hybridized carbons (Fsp3) is 0.130. The lowest BCUT2D eigenvalue weighted by Crippen LogP contribution is -2.21. The first-order valence-corrected chi connectivity index (χ1v) is 10.0. The van der Waals surface area contributed by atoms with Crippen LogP contribution in [0, 0.1) is 6.92 Å². The molecule has 0 spiro atoms. The predicted octanol–water partition coefficient (Wildman–Crippen LogP) is 5.08. The zero-order valence-electron chi connectivity index (χ0n) is 15.8. The van der Waals surface area contributed by atoms with Crippen molar-refractivity contribution in [1.29, 1.82) is 0 Å². The molecular formula is C23H21N3OS. The fourth-order valence-electron chi connectivity index (χ4n) is 3.45. The van der Waals surface area contributed by atoms with Crippen LogP contribution in [0.4, 0.5) is 0 Å². The van der Waals surface area contributed by atoms with Crippen molar-refractivity contribution in [2.45, 2.75) is 20.3 Å². The van der Waals surface area contributed by atoms with E-state index in [2.05, 4.69) is 46.3 Å². The van der Waals surface area contributed by atoms with E-state index in [0.717, 1.165) is 38.4 Å². The van der Waals surface area contributed by atoms with Crippen molar-refractivity contribution in [3.8, 4) is 5.69 Å². The zero-order chi connectivity index (χ0) is 19.5. The van der Waals surface area contributed by atoms with Crippen molar-refractivity contribution in [2.75, 3.05) is 0 Å². The summed E-state index contributed by atoms with van der Waals surface area (Å²) in [6.07, 6.45) is 0.285. The number of amides is 1. The molecule has 4 nitrogen and oxygen atoms in total. The summed E-state index contributed by atoms with van der Waals surface area (Å²) in [4.78, 5) is 13.7. The molecule has 0 bridgehead atoms. The summed E-state index contributed by atoms with van der Waals surface area (Å²) >= 11 is 1.61. The molecule has 0 radical (unpaired) electrons. The summed E-state index contributed by atoms with van der Waals surface area (Å²) in [6, 6.07) is 22.4. The molecule has 4 aromatic rings. The lowest BCUT2D eigenvalue weighted by molar-refractivity contribution is -0.120. The molecule has 4 rings (SSSR count). The van der Waals surface area contributed by atoms with Crippen LogP contribution in [-0.2, 0) is 11.2 Å². The van der Waals surface area contributed by atoms with Crippen LogP contribution < -0.4 is 5.43 Å². The van der Waals surface area contributed by atoms with Gasteiger partial charge in [0.25, 0.3) is 0 Å². The average Bonchev–Trinajstić information content (AvgIpc) is 3.35. The van der Waals surface area contributed by atoms with Crippen LogP contribution in [0.25, 0.3) is 16.6 Å². The van der Waals surface area contributed by atoms with E-state index in [1.807, 2.05) is 54.8 Å². The predicted molar refractivity (Wildman–Crippen MR) is 116 cm³/mol. The van der Waals surface area contributed by atoms with Gasteiger partial charge in [-0.25, -0.2) is 5.43 Å². The molecule has 1 N–H and O–H groups in total. The molecule has 0 fully saturated rings. The van der Waals surface area contributed by atoms with E-state index in [1.54, 1.807) is 11.3 Å². The first kappa shape index (κ1) is 18.2. The number of hydrogen-bond acceptors (Lipinski definition) is 3. The highest BCUT2D eigenvalue weighted by Gasteiger charge is 2.17. The van der Waals surface area contributed by atoms with Gasteiger partial charge in [-0.3, -0.25) is 4.79 Å². The third kappa shape index (κ3) is 3.49. The number of carbonyl (C=O) groups excluding carboxylic acids is 1. The van der Waals surface area contributed by atoms with Crippen LogP contribution in [0.3, 0.4) is 0 Å². The largest absolute Gasteiger partial charge is 0.314 e. The molecule has 0 aliphatic carbocycles. The van der Waals surface area contributed by atoms with Gasteiger partial charge in [-0.15, -0.1) is 11.3 Å². The Morgan fingerprint density at radius 2 is 1.79 bits per heavy atom. The van der Waals surface area contributed by atoms with Crippen LogP contribution >= 0.6 is 11.3 Å². The third-order valence-electron chi connectivity index (χ3n) is 4.82. The number of carbonyl (C=O) groups is 1. The Balaban J connectivity index is 1.65. The highest BCUT2D eigenvalue weighted by atomic mass is 32.1. The number of hydrogen-bond donors (Lipinski definition) is 1. The summed E-state index contributed by atoms with van der Waals surface area (Å²) in [6.45, 7) is 3.97. The molecule has 0 aliphatic rings. The van der Waals surface area contributed by atoms with Crippen molar-refractivity contribution in [2.24, 2.45) is 5.10 Å². The number of fused-ring (bicyclic) bond motifs is 1. The maximum Gasteiger partial charge on any atom is 0.244 e. The molecule has 2 aromatic heterocycles. The number of para-hydroxylation sites is 2. The SMILES string of the molecule is C/C(=N/NC(=O)Cc1c(C)n(-c2ccccc2)c2ccccc12)c1cccs1. The van der Waals surface area contributed by atoms with Gasteiger partial charge in [0, 0.05) is 21.6 Å². The quantitative estimate of drug-likeness (QED) is 0.377. The van der Waals surface area contributed by atoms with Crippen LogP contribution in [0.1, 0.15) is 23.1 Å². The van der Waals surface area contributed by atoms with E-state index in [0.29, 0.717) is 0 Å². The highest BCUT2D eigenvalue weighted by molar-refractivity contribution is 7.12. The summed E-state index contributed by atoms with van der Waals surface area (Å²) in [5, 5.41) is 7.35. The minimum atomic E-state index is -0.116. The zero-order valence-corrected chi connectivity index (χ0v) is 16.7. The second-order valence-electron chi connectivity index (χ2n) is 6.64. The number of aromatic nitrogens is 1. The molecule has 0 atom stereocenters. The summed E-state index contributed by atoms with van der Waals surface area (Å²) in [7, 11) is 0. The topological polar surface area (TPSA) is 46.4 Å². The molecule has 140 valence electrons. The van der Waals surface area contributed by atoms with Crippen LogP contribution in [0.15, 0.2) is 77.2 Å². The van der Waals surface area contributed by atoms with E-state index in [9.17, 15) is 4.79 Å². The number of nitrogens with one attached hydrogen (secondary N) is 1. The molecule has 0 saturated carbocycles. The van der Waals surface area contributed by atoms with Gasteiger partial charge in [-0.1, -0.05) is 42.5 Å². The molecule has 0 unspecified atom stereocenters. The van der Waals surface area contributed by atoms with Crippen LogP contribution in [0.2, 0.25) is 0 Å². The summed E-state index contributed by atoms with van der Waals surface area (Å²) in [5.41, 5.74) is 7.81. The summed E-state index contributed by atoms with van der Waals surface area (Å²) in [5.74, 6) is -0.116. The Morgan fingerprint density at radius 3 is 2.54 bits per heavy atom. The molecule has 28 heavy (non-hydrogen) atoms. The smallest absolute Gasteiger partial charge is 0.244 e. The Bertz CT molecular complexity index is 1140. The van der Waals surface area contributed by atoms with Gasteiger partial charge in [-0.2, -0.15) is 5.10 Å². The Labute approximate surface area is 168 Å². The molecule has 0 aliphatic heterocycles. The van der Waals surface area contributed by atoms with E-state index in [-0.39, 0.29) is 12.3 Å². The van der Waals surface area contributed by atoms with E-state index in [1.165, 1.54) is 0 Å². The van der Waals surface area contributed by atoms with Gasteiger partial charge in [-0.05, 0) is 49.1 Å². The van der Waals surface area contributed by atoms with Crippen molar-refractivity contribution < 1.29 is 4.79 Å². The monoisotopic (exact) mass is 387 g/mol. The Hall–Kier alpha value is -3.18. The van der Waals surface area contributed by atoms with E-state index >= 15 is 0 Å². The molecule has 5 heteroatoms. The van der Waals surface area contributed by atoms with Crippen molar-refractivity contribution in [3.63, 3.8) is 0 Å². The van der Waals surface area contributed by atoms with Crippen LogP contribution in [0.5, 0.6) is 0 Å². The number of rotatable bonds is 5. The maximum absolute atomic E-state index is 12.6. The number of nitrogens with zero attached hydrogens (tertiary/aromatic N) is 2. The maximum atomic E-state index is 12.6. The highest BCUT2D eigenvalue weighted by Crippen LogP contribution is 2.29. The minimum absolute atomic E-state index is 0.116. The van der Waals surface area contributed by atoms with Crippen molar-refractivity contribution >= 4 is 33.9 Å². The number of benzene rings is 2. The first-order chi connectivity index (χ1) is 13.6. The van der Waals surface area contributed by atoms with E-state index in [4.69, 9.17) is 0 Å². The van der Waals surface area contributed by atoms with Gasteiger partial charge < -0.3 is 4.57 Å². The lowest BCUT2D eigenvalue weighted by Gasteiger charge is -2.08. The summed E-state index contributed by atoms with van der Waals surface area (Å²) < 4.78 is 2.21. The molecule has 2 heterocycles. The van der Waals surface area contributed by atoms with Crippen LogP contribution in [-0.4, -0.2) is 16.2 Å². The standard InChI is InChI=1S/C23H21N3OS/c1-16(22-13-8-14-28-22)24-25-23(27)15-20-17(2)26(18-9-4-3-5-10-18)21-12-7-6-11-19(20)21/h3-14H,15H2,1-2H3,(H,25,27)/b24-16-. The van der Waals surface area contributed by atoms with E-state index < -0.39 is 0 Å². The van der Waals surface area contributed by atoms with Gasteiger partial charge in [0.05, 0.1) is 17.6 Å². The Kier molecular flexibility index (Phi) is 5.08. The van der Waals surface area contributed by atoms with Crippen molar-refractivity contribution in [3.05, 3.63) is 88.2 Å². The van der Waals surface area contributed by atoms with Gasteiger partial charge in [0.15, 0.2) is 0 Å². The van der Waals surface area contributed by atoms with Gasteiger partial charge in [0.2, 0.25) is 5.91 Å². The molecule has 2 aromatic carbocycles. The number of thiophene rings is 1. The second kappa shape index (κ2) is 7.82. The lowest BCUT2D eigenvalue weighted by atomic mass is 10.1. The third-order valence-corrected chi connectivity index (χ3v) is 5.80. The van der Waals surface area contributed by atoms with Gasteiger partial charge in [0.1, 0.15) is 0 Å². The molecular weight excluding hydrogens is 366 g/mol. The minimum Gasteiger partial charge on any atom is -0.314 e. The second-order valence-corrected chi connectivity index (χ2v) is 7.59. The molecule has 0 saturated heterocycles. The normalized spacial score (nSPS) is 11.7. The fourth-order valence-corrected chi connectivity index (χ4v) is 4.13. The molecule has 1 amide bonds. The van der Waals surface area contributed by atoms with Crippen molar-refractivity contribution in [1.82, 2.24) is 9.99 Å². The number of hydrazone groups is 1. The van der Waals surface area contributed by atoms with Gasteiger partial charge >= 0.3 is 0 Å². The average molecular weight is 388 g/mol.